The third-order valence-corrected chi connectivity index (χ3v) is 2.81. The van der Waals surface area contributed by atoms with E-state index in [-0.39, 0.29) is 24.1 Å². The van der Waals surface area contributed by atoms with Gasteiger partial charge in [-0.2, -0.15) is 13.2 Å². The molecule has 21 heavy (non-hydrogen) atoms. The lowest BCUT2D eigenvalue weighted by Crippen LogP contribution is -2.43. The molecule has 0 aromatic heterocycles. The summed E-state index contributed by atoms with van der Waals surface area (Å²) in [7, 11) is 0. The third-order valence-electron chi connectivity index (χ3n) is 2.81. The van der Waals surface area contributed by atoms with E-state index in [4.69, 9.17) is 5.73 Å². The predicted octanol–water partition coefficient (Wildman–Crippen LogP) is 2.23. The van der Waals surface area contributed by atoms with E-state index < -0.39 is 18.8 Å². The minimum Gasteiger partial charge on any atom is -0.484 e. The molecule has 0 fully saturated rings. The summed E-state index contributed by atoms with van der Waals surface area (Å²) in [6.07, 6.45) is -4.36. The van der Waals surface area contributed by atoms with Crippen LogP contribution in [0.3, 0.4) is 0 Å². The molecule has 0 aliphatic heterocycles. The van der Waals surface area contributed by atoms with Gasteiger partial charge in [0.25, 0.3) is 0 Å². The molecule has 0 bridgehead atoms. The molecule has 0 heterocycles. The SMILES string of the molecule is CC(C)[C@H](N)C(=O)NCc1ccc(OCC(F)(F)F)cc1. The van der Waals surface area contributed by atoms with Gasteiger partial charge >= 0.3 is 6.18 Å². The van der Waals surface area contributed by atoms with Crippen molar-refractivity contribution in [3.8, 4) is 5.75 Å². The van der Waals surface area contributed by atoms with E-state index >= 15 is 0 Å². The number of nitrogens with one attached hydrogen (secondary N) is 1. The number of ether oxygens (including phenoxy) is 1. The van der Waals surface area contributed by atoms with E-state index in [1.807, 2.05) is 13.8 Å². The molecule has 7 heteroatoms. The van der Waals surface area contributed by atoms with Gasteiger partial charge in [0.1, 0.15) is 5.75 Å². The maximum absolute atomic E-state index is 12.0. The van der Waals surface area contributed by atoms with Crippen LogP contribution >= 0.6 is 0 Å². The van der Waals surface area contributed by atoms with Crippen LogP contribution in [0.15, 0.2) is 24.3 Å². The number of carbonyl (C=O) groups is 1. The van der Waals surface area contributed by atoms with E-state index in [0.29, 0.717) is 0 Å². The molecule has 1 aromatic rings. The van der Waals surface area contributed by atoms with E-state index in [2.05, 4.69) is 10.1 Å². The van der Waals surface area contributed by atoms with Crippen molar-refractivity contribution < 1.29 is 22.7 Å². The number of halogens is 3. The Hall–Kier alpha value is -1.76. The van der Waals surface area contributed by atoms with Crippen LogP contribution in [0.1, 0.15) is 19.4 Å². The highest BCUT2D eigenvalue weighted by atomic mass is 19.4. The minimum atomic E-state index is -4.36. The van der Waals surface area contributed by atoms with Gasteiger partial charge in [0, 0.05) is 6.54 Å². The van der Waals surface area contributed by atoms with Crippen molar-refractivity contribution in [3.63, 3.8) is 0 Å². The van der Waals surface area contributed by atoms with Crippen LogP contribution in [0.2, 0.25) is 0 Å². The van der Waals surface area contributed by atoms with Crippen molar-refractivity contribution in [2.45, 2.75) is 32.6 Å². The van der Waals surface area contributed by atoms with Gasteiger partial charge in [-0.25, -0.2) is 0 Å². The van der Waals surface area contributed by atoms with Crippen LogP contribution in [0.4, 0.5) is 13.2 Å². The Morgan fingerprint density at radius 1 is 1.29 bits per heavy atom. The van der Waals surface area contributed by atoms with Gasteiger partial charge in [-0.05, 0) is 23.6 Å². The second-order valence-corrected chi connectivity index (χ2v) is 5.04. The maximum atomic E-state index is 12.0. The number of hydrogen-bond acceptors (Lipinski definition) is 3. The topological polar surface area (TPSA) is 64.4 Å². The maximum Gasteiger partial charge on any atom is 0.422 e. The van der Waals surface area contributed by atoms with Gasteiger partial charge in [-0.15, -0.1) is 0 Å². The minimum absolute atomic E-state index is 0.0307. The second-order valence-electron chi connectivity index (χ2n) is 5.04. The molecule has 0 aliphatic rings. The van der Waals surface area contributed by atoms with Crippen molar-refractivity contribution in [1.29, 1.82) is 0 Å². The Kier molecular flexibility index (Phi) is 6.02. The largest absolute Gasteiger partial charge is 0.484 e. The molecule has 118 valence electrons. The summed E-state index contributed by atoms with van der Waals surface area (Å²) >= 11 is 0. The van der Waals surface area contributed by atoms with Crippen LogP contribution in [-0.2, 0) is 11.3 Å². The van der Waals surface area contributed by atoms with E-state index in [0.717, 1.165) is 5.56 Å². The number of benzene rings is 1. The molecule has 0 aliphatic carbocycles. The second kappa shape index (κ2) is 7.31. The number of alkyl halides is 3. The summed E-state index contributed by atoms with van der Waals surface area (Å²) in [5, 5.41) is 2.67. The zero-order valence-corrected chi connectivity index (χ0v) is 11.9. The fourth-order valence-electron chi connectivity index (χ4n) is 1.48. The number of hydrogen-bond donors (Lipinski definition) is 2. The fraction of sp³-hybridized carbons (Fsp3) is 0.500. The van der Waals surface area contributed by atoms with Crippen molar-refractivity contribution in [1.82, 2.24) is 5.32 Å². The van der Waals surface area contributed by atoms with E-state index in [1.165, 1.54) is 12.1 Å². The van der Waals surface area contributed by atoms with Crippen LogP contribution in [0.5, 0.6) is 5.75 Å². The quantitative estimate of drug-likeness (QED) is 0.847. The molecule has 0 saturated heterocycles. The van der Waals surface area contributed by atoms with Gasteiger partial charge in [-0.1, -0.05) is 26.0 Å². The first kappa shape index (κ1) is 17.3. The highest BCUT2D eigenvalue weighted by Crippen LogP contribution is 2.18. The summed E-state index contributed by atoms with van der Waals surface area (Å²) in [5.41, 5.74) is 6.44. The molecule has 1 atom stereocenters. The summed E-state index contributed by atoms with van der Waals surface area (Å²) < 4.78 is 40.5. The lowest BCUT2D eigenvalue weighted by atomic mass is 10.0. The molecule has 1 aromatic carbocycles. The highest BCUT2D eigenvalue weighted by molar-refractivity contribution is 5.81. The summed E-state index contributed by atoms with van der Waals surface area (Å²) in [6, 6.07) is 5.45. The van der Waals surface area contributed by atoms with Gasteiger partial charge in [-0.3, -0.25) is 4.79 Å². The third kappa shape index (κ3) is 6.48. The van der Waals surface area contributed by atoms with Crippen LogP contribution in [0.25, 0.3) is 0 Å². The zero-order valence-electron chi connectivity index (χ0n) is 11.9. The smallest absolute Gasteiger partial charge is 0.422 e. The van der Waals surface area contributed by atoms with E-state index in [9.17, 15) is 18.0 Å². The number of rotatable bonds is 6. The summed E-state index contributed by atoms with van der Waals surface area (Å²) in [4.78, 5) is 11.7. The molecular weight excluding hydrogens is 285 g/mol. The fourth-order valence-corrected chi connectivity index (χ4v) is 1.48. The molecule has 0 spiro atoms. The van der Waals surface area contributed by atoms with Crippen LogP contribution < -0.4 is 15.8 Å². The summed E-state index contributed by atoms with van der Waals surface area (Å²) in [6.45, 7) is 2.62. The highest BCUT2D eigenvalue weighted by Gasteiger charge is 2.28. The molecule has 0 saturated carbocycles. The lowest BCUT2D eigenvalue weighted by molar-refractivity contribution is -0.153. The standard InChI is InChI=1S/C14H19F3N2O2/c1-9(2)12(18)13(20)19-7-10-3-5-11(6-4-10)21-8-14(15,16)17/h3-6,9,12H,7-8,18H2,1-2H3,(H,19,20)/t12-/m0/s1. The first-order chi connectivity index (χ1) is 9.69. The Morgan fingerprint density at radius 3 is 2.33 bits per heavy atom. The first-order valence-corrected chi connectivity index (χ1v) is 6.51. The Morgan fingerprint density at radius 2 is 1.86 bits per heavy atom. The van der Waals surface area contributed by atoms with Gasteiger partial charge in [0.2, 0.25) is 5.91 Å². The molecule has 3 N–H and O–H groups in total. The normalized spacial score (nSPS) is 13.1. The Bertz CT molecular complexity index is 458. The number of carbonyl (C=O) groups excluding carboxylic acids is 1. The van der Waals surface area contributed by atoms with Gasteiger partial charge < -0.3 is 15.8 Å². The molecule has 1 amide bonds. The predicted molar refractivity (Wildman–Crippen MR) is 72.7 cm³/mol. The monoisotopic (exact) mass is 304 g/mol. The van der Waals surface area contributed by atoms with Gasteiger partial charge in [0.05, 0.1) is 6.04 Å². The number of amides is 1. The molecule has 0 radical (unpaired) electrons. The van der Waals surface area contributed by atoms with Crippen molar-refractivity contribution in [2.24, 2.45) is 11.7 Å². The van der Waals surface area contributed by atoms with E-state index in [1.54, 1.807) is 12.1 Å². The van der Waals surface area contributed by atoms with Crippen molar-refractivity contribution in [2.75, 3.05) is 6.61 Å². The first-order valence-electron chi connectivity index (χ1n) is 6.51. The molecule has 0 unspecified atom stereocenters. The number of nitrogens with two attached hydrogens (primary N) is 1. The average Bonchev–Trinajstić information content (AvgIpc) is 2.41. The lowest BCUT2D eigenvalue weighted by Gasteiger charge is -2.15. The Balaban J connectivity index is 2.46. The van der Waals surface area contributed by atoms with Crippen LogP contribution in [-0.4, -0.2) is 24.7 Å². The Labute approximate surface area is 121 Å². The zero-order chi connectivity index (χ0) is 16.0. The van der Waals surface area contributed by atoms with Crippen LogP contribution in [0, 0.1) is 5.92 Å². The van der Waals surface area contributed by atoms with Crippen molar-refractivity contribution >= 4 is 5.91 Å². The molecule has 4 nitrogen and oxygen atoms in total. The summed E-state index contributed by atoms with van der Waals surface area (Å²) in [5.74, 6) is -0.105. The molecular formula is C14H19F3N2O2. The molecule has 1 rings (SSSR count). The van der Waals surface area contributed by atoms with Crippen molar-refractivity contribution in [3.05, 3.63) is 29.8 Å². The van der Waals surface area contributed by atoms with Gasteiger partial charge in [0.15, 0.2) is 6.61 Å². The average molecular weight is 304 g/mol.